The van der Waals surface area contributed by atoms with Crippen LogP contribution < -0.4 is 5.32 Å². The number of thiocarbonyl (C=S) groups is 1. The number of hydrogen-bond donors (Lipinski definition) is 1. The third kappa shape index (κ3) is 3.44. The van der Waals surface area contributed by atoms with Gasteiger partial charge in [-0.15, -0.1) is 0 Å². The Hall–Kier alpha value is -1.92. The average molecular weight is 397 g/mol. The fourth-order valence-electron chi connectivity index (χ4n) is 5.01. The molecule has 5 nitrogen and oxygen atoms in total. The molecule has 1 N–H and O–H groups in total. The summed E-state index contributed by atoms with van der Waals surface area (Å²) in [5, 5.41) is 4.36. The summed E-state index contributed by atoms with van der Waals surface area (Å²) in [6, 6.07) is 9.25. The predicted molar refractivity (Wildman–Crippen MR) is 113 cm³/mol. The Morgan fingerprint density at radius 3 is 2.79 bits per heavy atom. The van der Waals surface area contributed by atoms with Crippen LogP contribution in [0.3, 0.4) is 0 Å². The highest BCUT2D eigenvalue weighted by Crippen LogP contribution is 2.40. The summed E-state index contributed by atoms with van der Waals surface area (Å²) in [7, 11) is 0. The van der Waals surface area contributed by atoms with Gasteiger partial charge in [-0.05, 0) is 61.7 Å². The Kier molecular flexibility index (Phi) is 5.07. The summed E-state index contributed by atoms with van der Waals surface area (Å²) in [5.74, 6) is 0. The second-order valence-corrected chi connectivity index (χ2v) is 8.63. The van der Waals surface area contributed by atoms with Crippen LogP contribution in [-0.2, 0) is 4.74 Å². The molecule has 0 unspecified atom stereocenters. The van der Waals surface area contributed by atoms with E-state index in [1.165, 1.54) is 31.2 Å². The Balaban J connectivity index is 1.47. The van der Waals surface area contributed by atoms with Crippen molar-refractivity contribution in [3.8, 4) is 0 Å². The zero-order valence-electron chi connectivity index (χ0n) is 16.2. The number of nitrogens with zero attached hydrogens (tertiary/aromatic N) is 3. The van der Waals surface area contributed by atoms with Crippen molar-refractivity contribution in [3.63, 3.8) is 0 Å². The van der Waals surface area contributed by atoms with Crippen molar-refractivity contribution in [3.05, 3.63) is 54.1 Å². The number of hydrogen-bond acceptors (Lipinski definition) is 3. The summed E-state index contributed by atoms with van der Waals surface area (Å²) in [5.41, 5.74) is 2.35. The largest absolute Gasteiger partial charge is 0.376 e. The fraction of sp³-hybridized carbons (Fsp3) is 0.545. The quantitative estimate of drug-likeness (QED) is 0.769. The fourth-order valence-corrected chi connectivity index (χ4v) is 5.32. The minimum atomic E-state index is 0.0644. The summed E-state index contributed by atoms with van der Waals surface area (Å²) in [6.07, 6.45) is 14.3. The van der Waals surface area contributed by atoms with Gasteiger partial charge < -0.3 is 19.5 Å². The number of nitrogens with one attached hydrogen (secondary N) is 1. The molecule has 3 atom stereocenters. The molecule has 1 aliphatic carbocycles. The van der Waals surface area contributed by atoms with Gasteiger partial charge in [0.2, 0.25) is 0 Å². The zero-order chi connectivity index (χ0) is 18.9. The topological polar surface area (TPSA) is 42.3 Å². The number of aromatic nitrogens is 2. The minimum absolute atomic E-state index is 0.0644. The van der Waals surface area contributed by atoms with Crippen LogP contribution in [0.1, 0.15) is 67.9 Å². The lowest BCUT2D eigenvalue weighted by Crippen LogP contribution is -2.36. The maximum absolute atomic E-state index is 5.92. The van der Waals surface area contributed by atoms with Gasteiger partial charge in [-0.1, -0.05) is 18.9 Å². The molecule has 6 heteroatoms. The summed E-state index contributed by atoms with van der Waals surface area (Å²) >= 11 is 5.77. The first kappa shape index (κ1) is 18.1. The SMILES string of the molecule is S=C1N[C@@H](c2ccccn2)[C@@H](c2ccn(C3CCCC3)c2)N1C[C@@H]1CCCO1. The van der Waals surface area contributed by atoms with Crippen molar-refractivity contribution >= 4 is 17.3 Å². The first-order valence-corrected chi connectivity index (χ1v) is 11.0. The van der Waals surface area contributed by atoms with Gasteiger partial charge in [0, 0.05) is 37.8 Å². The van der Waals surface area contributed by atoms with E-state index >= 15 is 0 Å². The van der Waals surface area contributed by atoms with E-state index in [2.05, 4.69) is 50.4 Å². The predicted octanol–water partition coefficient (Wildman–Crippen LogP) is 4.15. The molecule has 5 rings (SSSR count). The van der Waals surface area contributed by atoms with Gasteiger partial charge in [0.1, 0.15) is 0 Å². The summed E-state index contributed by atoms with van der Waals surface area (Å²) in [4.78, 5) is 6.97. The van der Waals surface area contributed by atoms with E-state index in [9.17, 15) is 0 Å². The van der Waals surface area contributed by atoms with Crippen LogP contribution >= 0.6 is 12.2 Å². The van der Waals surface area contributed by atoms with E-state index in [0.29, 0.717) is 6.04 Å². The smallest absolute Gasteiger partial charge is 0.170 e. The Labute approximate surface area is 172 Å². The molecule has 0 bridgehead atoms. The molecule has 0 radical (unpaired) electrons. The van der Waals surface area contributed by atoms with Gasteiger partial charge >= 0.3 is 0 Å². The van der Waals surface area contributed by atoms with Gasteiger partial charge in [0.25, 0.3) is 0 Å². The van der Waals surface area contributed by atoms with E-state index < -0.39 is 0 Å². The van der Waals surface area contributed by atoms with Crippen LogP contribution in [0.25, 0.3) is 0 Å². The molecule has 28 heavy (non-hydrogen) atoms. The van der Waals surface area contributed by atoms with Crippen LogP contribution in [0.15, 0.2) is 42.9 Å². The molecule has 3 aliphatic rings. The second kappa shape index (κ2) is 7.84. The maximum atomic E-state index is 5.92. The minimum Gasteiger partial charge on any atom is -0.376 e. The summed E-state index contributed by atoms with van der Waals surface area (Å²) < 4.78 is 8.35. The van der Waals surface area contributed by atoms with Crippen LogP contribution in [0.2, 0.25) is 0 Å². The number of ether oxygens (including phenoxy) is 1. The lowest BCUT2D eigenvalue weighted by Gasteiger charge is -2.29. The van der Waals surface area contributed by atoms with E-state index in [-0.39, 0.29) is 18.2 Å². The lowest BCUT2D eigenvalue weighted by molar-refractivity contribution is 0.0842. The number of rotatable bonds is 5. The van der Waals surface area contributed by atoms with Crippen LogP contribution in [0, 0.1) is 0 Å². The maximum Gasteiger partial charge on any atom is 0.170 e. The van der Waals surface area contributed by atoms with Crippen LogP contribution in [-0.4, -0.2) is 38.8 Å². The lowest BCUT2D eigenvalue weighted by atomic mass is 9.99. The zero-order valence-corrected chi connectivity index (χ0v) is 17.0. The standard InChI is InChI=1S/C22H28N4OS/c28-22-24-20(19-9-3-4-11-23-19)21(26(22)15-18-8-5-13-27-18)16-10-12-25(14-16)17-6-1-2-7-17/h3-4,9-12,14,17-18,20-21H,1-2,5-8,13,15H2,(H,24,28)/t18-,20-,21+/m0/s1. The molecule has 148 valence electrons. The van der Waals surface area contributed by atoms with E-state index in [0.717, 1.165) is 36.8 Å². The van der Waals surface area contributed by atoms with Crippen LogP contribution in [0.5, 0.6) is 0 Å². The molecular weight excluding hydrogens is 368 g/mol. The van der Waals surface area contributed by atoms with Crippen molar-refractivity contribution in [2.45, 2.75) is 62.8 Å². The molecule has 2 saturated heterocycles. The van der Waals surface area contributed by atoms with Crippen LogP contribution in [0.4, 0.5) is 0 Å². The highest BCUT2D eigenvalue weighted by atomic mass is 32.1. The monoisotopic (exact) mass is 396 g/mol. The van der Waals surface area contributed by atoms with E-state index in [1.54, 1.807) is 0 Å². The molecule has 1 saturated carbocycles. The van der Waals surface area contributed by atoms with Gasteiger partial charge in [-0.3, -0.25) is 4.98 Å². The highest BCUT2D eigenvalue weighted by Gasteiger charge is 2.41. The molecule has 2 aliphatic heterocycles. The molecule has 0 amide bonds. The Morgan fingerprint density at radius 1 is 1.14 bits per heavy atom. The molecule has 0 aromatic carbocycles. The average Bonchev–Trinajstić information content (AvgIpc) is 3.51. The first-order chi connectivity index (χ1) is 13.8. The molecule has 2 aromatic heterocycles. The van der Waals surface area contributed by atoms with Gasteiger partial charge in [-0.2, -0.15) is 0 Å². The third-order valence-electron chi connectivity index (χ3n) is 6.45. The summed E-state index contributed by atoms with van der Waals surface area (Å²) in [6.45, 7) is 1.71. The molecule has 4 heterocycles. The molecule has 3 fully saturated rings. The third-order valence-corrected chi connectivity index (χ3v) is 6.80. The Bertz CT molecular complexity index is 811. The second-order valence-electron chi connectivity index (χ2n) is 8.24. The normalized spacial score (nSPS) is 28.2. The molecular formula is C22H28N4OS. The van der Waals surface area contributed by atoms with E-state index in [1.807, 2.05) is 12.3 Å². The number of pyridine rings is 1. The Morgan fingerprint density at radius 2 is 2.04 bits per heavy atom. The first-order valence-electron chi connectivity index (χ1n) is 10.6. The van der Waals surface area contributed by atoms with E-state index in [4.69, 9.17) is 17.0 Å². The van der Waals surface area contributed by atoms with Gasteiger partial charge in [-0.25, -0.2) is 0 Å². The van der Waals surface area contributed by atoms with Crippen molar-refractivity contribution in [1.82, 2.24) is 19.8 Å². The van der Waals surface area contributed by atoms with Crippen molar-refractivity contribution in [1.29, 1.82) is 0 Å². The van der Waals surface area contributed by atoms with Gasteiger partial charge in [0.05, 0.1) is 23.9 Å². The van der Waals surface area contributed by atoms with Crippen molar-refractivity contribution in [2.75, 3.05) is 13.2 Å². The van der Waals surface area contributed by atoms with Crippen molar-refractivity contribution < 1.29 is 4.74 Å². The van der Waals surface area contributed by atoms with Crippen molar-refractivity contribution in [2.24, 2.45) is 0 Å². The highest BCUT2D eigenvalue weighted by molar-refractivity contribution is 7.80. The molecule has 0 spiro atoms. The molecule has 2 aromatic rings. The van der Waals surface area contributed by atoms with Gasteiger partial charge in [0.15, 0.2) is 5.11 Å².